The summed E-state index contributed by atoms with van der Waals surface area (Å²) in [6.07, 6.45) is -2.54. The van der Waals surface area contributed by atoms with E-state index in [1.54, 1.807) is 0 Å². The molecule has 56 valence electrons. The Hall–Kier alpha value is 0.0948. The zero-order valence-corrected chi connectivity index (χ0v) is 6.44. The van der Waals surface area contributed by atoms with Gasteiger partial charge in [0.2, 0.25) is 0 Å². The third-order valence-electron chi connectivity index (χ3n) is 0.653. The van der Waals surface area contributed by atoms with Gasteiger partial charge in [-0.05, 0) is 0 Å². The largest absolute Gasteiger partial charge is 1.00 e. The quantitative estimate of drug-likeness (QED) is 0.347. The van der Waals surface area contributed by atoms with E-state index in [1.807, 2.05) is 0 Å². The van der Waals surface area contributed by atoms with Crippen molar-refractivity contribution >= 4 is 11.9 Å². The number of aliphatic hydroxyl groups excluding tert-OH is 1. The van der Waals surface area contributed by atoms with Crippen LogP contribution in [0.1, 0.15) is 9.27 Å². The molecule has 0 heterocycles. The van der Waals surface area contributed by atoms with Crippen molar-refractivity contribution in [3.05, 3.63) is 0 Å². The molecule has 3 N–H and O–H groups in total. The summed E-state index contributed by atoms with van der Waals surface area (Å²) >= 11 is 0. The number of aliphatic carboxylic acids is 2. The standard InChI is InChI=1S/C4H6O5.2Li.2H/c5-2(4(8)9)1-3(6)7;;;;/h2,5H,1H2,(H,6,7)(H,8,9);;;;/q;2*+1;2*-1. The van der Waals surface area contributed by atoms with E-state index in [1.165, 1.54) is 0 Å². The molecule has 1 atom stereocenters. The summed E-state index contributed by atoms with van der Waals surface area (Å²) in [5.74, 6) is -2.85. The molecule has 0 aromatic rings. The third kappa shape index (κ3) is 10.1. The van der Waals surface area contributed by atoms with Gasteiger partial charge in [0.15, 0.2) is 6.10 Å². The van der Waals surface area contributed by atoms with Crippen LogP contribution < -0.4 is 37.7 Å². The molecular formula is C4H8Li2O5. The predicted octanol–water partition coefficient (Wildman–Crippen LogP) is -6.86. The zero-order valence-electron chi connectivity index (χ0n) is 8.44. The van der Waals surface area contributed by atoms with E-state index >= 15 is 0 Å². The minimum Gasteiger partial charge on any atom is -1.00 e. The average Bonchev–Trinajstić information content (AvgIpc) is 1.63. The molecule has 0 saturated carbocycles. The molecule has 0 aromatic carbocycles. The first kappa shape index (κ1) is 17.3. The molecule has 0 amide bonds. The second kappa shape index (κ2) is 8.19. The molecule has 0 aliphatic carbocycles. The second-order valence-corrected chi connectivity index (χ2v) is 1.45. The number of carboxylic acids is 2. The molecule has 5 nitrogen and oxygen atoms in total. The molecule has 0 aromatic heterocycles. The summed E-state index contributed by atoms with van der Waals surface area (Å²) in [6, 6.07) is 0. The van der Waals surface area contributed by atoms with Gasteiger partial charge in [-0.2, -0.15) is 0 Å². The van der Waals surface area contributed by atoms with E-state index in [-0.39, 0.29) is 40.6 Å². The number of carboxylic acid groups (broad SMARTS) is 2. The van der Waals surface area contributed by atoms with Crippen molar-refractivity contribution in [1.29, 1.82) is 0 Å². The van der Waals surface area contributed by atoms with Crippen molar-refractivity contribution < 1.29 is 65.5 Å². The molecule has 11 heavy (non-hydrogen) atoms. The van der Waals surface area contributed by atoms with Crippen molar-refractivity contribution in [3.8, 4) is 0 Å². The Balaban J connectivity index is -0.0000000533. The number of hydrogen-bond acceptors (Lipinski definition) is 3. The van der Waals surface area contributed by atoms with Gasteiger partial charge in [0.05, 0.1) is 6.42 Å². The van der Waals surface area contributed by atoms with E-state index < -0.39 is 24.5 Å². The van der Waals surface area contributed by atoms with E-state index in [4.69, 9.17) is 15.3 Å². The Morgan fingerprint density at radius 2 is 1.64 bits per heavy atom. The number of rotatable bonds is 3. The average molecular weight is 150 g/mol. The van der Waals surface area contributed by atoms with Crippen molar-refractivity contribution in [2.24, 2.45) is 0 Å². The van der Waals surface area contributed by atoms with Crippen molar-refractivity contribution in [2.45, 2.75) is 12.5 Å². The molecule has 7 heteroatoms. The molecular weight excluding hydrogens is 142 g/mol. The van der Waals surface area contributed by atoms with E-state index in [0.29, 0.717) is 0 Å². The summed E-state index contributed by atoms with van der Waals surface area (Å²) in [5.41, 5.74) is 0. The Morgan fingerprint density at radius 3 is 1.73 bits per heavy atom. The third-order valence-corrected chi connectivity index (χ3v) is 0.653. The first-order valence-corrected chi connectivity index (χ1v) is 2.16. The first-order chi connectivity index (χ1) is 4.04. The maximum atomic E-state index is 9.72. The van der Waals surface area contributed by atoms with Crippen LogP contribution in [0.4, 0.5) is 0 Å². The van der Waals surface area contributed by atoms with Crippen LogP contribution in [0.3, 0.4) is 0 Å². The van der Waals surface area contributed by atoms with Gasteiger partial charge in [0.1, 0.15) is 0 Å². The normalized spacial score (nSPS) is 10.3. The van der Waals surface area contributed by atoms with Gasteiger partial charge in [0, 0.05) is 0 Å². The number of carbonyl (C=O) groups is 2. The summed E-state index contributed by atoms with van der Waals surface area (Å²) in [7, 11) is 0. The summed E-state index contributed by atoms with van der Waals surface area (Å²) < 4.78 is 0. The van der Waals surface area contributed by atoms with Gasteiger partial charge >= 0.3 is 49.7 Å². The van der Waals surface area contributed by atoms with Gasteiger partial charge in [-0.25, -0.2) is 4.79 Å². The minimum absolute atomic E-state index is 0. The zero-order chi connectivity index (χ0) is 7.44. The van der Waals surface area contributed by atoms with Crippen LogP contribution in [0.25, 0.3) is 0 Å². The molecule has 0 rings (SSSR count). The van der Waals surface area contributed by atoms with Crippen LogP contribution in [0.15, 0.2) is 0 Å². The molecule has 0 saturated heterocycles. The maximum absolute atomic E-state index is 9.72. The fourth-order valence-corrected chi connectivity index (χ4v) is 0.253. The molecule has 0 aliphatic heterocycles. The number of aliphatic hydroxyl groups is 1. The Bertz CT molecular complexity index is 144. The maximum Gasteiger partial charge on any atom is 1.00 e. The Labute approximate surface area is 90.1 Å². The SMILES string of the molecule is O=C(O)CC(O)C(=O)O.[H-].[H-].[Li+].[Li+]. The Morgan fingerprint density at radius 1 is 1.27 bits per heavy atom. The van der Waals surface area contributed by atoms with E-state index in [2.05, 4.69) is 0 Å². The van der Waals surface area contributed by atoms with Crippen LogP contribution in [0.2, 0.25) is 0 Å². The van der Waals surface area contributed by atoms with Gasteiger partial charge in [-0.3, -0.25) is 4.79 Å². The smallest absolute Gasteiger partial charge is 1.00 e. The van der Waals surface area contributed by atoms with Crippen LogP contribution in [0.5, 0.6) is 0 Å². The summed E-state index contributed by atoms with van der Waals surface area (Å²) in [4.78, 5) is 19.4. The topological polar surface area (TPSA) is 94.8 Å². The van der Waals surface area contributed by atoms with E-state index in [9.17, 15) is 9.59 Å². The van der Waals surface area contributed by atoms with Crippen LogP contribution >= 0.6 is 0 Å². The van der Waals surface area contributed by atoms with Gasteiger partial charge in [-0.15, -0.1) is 0 Å². The van der Waals surface area contributed by atoms with Gasteiger partial charge in [-0.1, -0.05) is 0 Å². The molecule has 0 aliphatic rings. The first-order valence-electron chi connectivity index (χ1n) is 2.16. The predicted molar refractivity (Wildman–Crippen MR) is 28.1 cm³/mol. The fraction of sp³-hybridized carbons (Fsp3) is 0.500. The summed E-state index contributed by atoms with van der Waals surface area (Å²) in [6.45, 7) is 0. The molecule has 1 unspecified atom stereocenters. The molecule has 0 fully saturated rings. The molecule has 0 radical (unpaired) electrons. The molecule has 0 bridgehead atoms. The molecule has 0 spiro atoms. The summed E-state index contributed by atoms with van der Waals surface area (Å²) in [5, 5.41) is 24.1. The number of hydrogen-bond donors (Lipinski definition) is 3. The fourth-order valence-electron chi connectivity index (χ4n) is 0.253. The van der Waals surface area contributed by atoms with Crippen molar-refractivity contribution in [2.75, 3.05) is 0 Å². The van der Waals surface area contributed by atoms with Crippen molar-refractivity contribution in [3.63, 3.8) is 0 Å². The van der Waals surface area contributed by atoms with Gasteiger partial charge in [0.25, 0.3) is 0 Å². The minimum atomic E-state index is -1.79. The van der Waals surface area contributed by atoms with Crippen LogP contribution in [-0.4, -0.2) is 33.4 Å². The van der Waals surface area contributed by atoms with Crippen molar-refractivity contribution in [1.82, 2.24) is 0 Å². The Kier molecular flexibility index (Phi) is 12.9. The van der Waals surface area contributed by atoms with E-state index in [0.717, 1.165) is 0 Å². The second-order valence-electron chi connectivity index (χ2n) is 1.45. The monoisotopic (exact) mass is 150 g/mol. The van der Waals surface area contributed by atoms with Gasteiger partial charge < -0.3 is 18.2 Å². The van der Waals surface area contributed by atoms with Crippen LogP contribution in [-0.2, 0) is 9.59 Å². The van der Waals surface area contributed by atoms with Crippen LogP contribution in [0, 0.1) is 0 Å².